The minimum Gasteiger partial charge on any atom is -0.507 e. The number of methoxy groups -OCH3 is 1. The van der Waals surface area contributed by atoms with Crippen LogP contribution in [0.2, 0.25) is 0 Å². The van der Waals surface area contributed by atoms with Gasteiger partial charge < -0.3 is 20.5 Å². The number of rotatable bonds is 4. The number of anilines is 1. The molecule has 0 saturated carbocycles. The maximum Gasteiger partial charge on any atom is 0.322 e. The standard InChI is InChI=1S/C20H20N4O3/c1-27-20(26)16-10-12(11-21-16)22-18-13-6-2-4-8-15(13)23-19(24-18)14-7-3-5-9-17(14)25/h2-9,12,16,21,25H,10-11H2,1H3,(H,22,23,24)/t12-,16+/m1/s1. The lowest BCUT2D eigenvalue weighted by atomic mass is 10.1. The summed E-state index contributed by atoms with van der Waals surface area (Å²) in [5, 5.41) is 17.6. The SMILES string of the molecule is COC(=O)[C@@H]1C[C@@H](Nc2nc(-c3ccccc3O)nc3ccccc23)CN1. The van der Waals surface area contributed by atoms with Gasteiger partial charge in [-0.05, 0) is 30.7 Å². The van der Waals surface area contributed by atoms with Crippen molar-refractivity contribution < 1.29 is 14.6 Å². The van der Waals surface area contributed by atoms with Crippen molar-refractivity contribution in [3.63, 3.8) is 0 Å². The molecule has 4 rings (SSSR count). The van der Waals surface area contributed by atoms with Gasteiger partial charge in [0.15, 0.2) is 5.82 Å². The molecule has 0 unspecified atom stereocenters. The van der Waals surface area contributed by atoms with Crippen LogP contribution in [0.15, 0.2) is 48.5 Å². The zero-order valence-electron chi connectivity index (χ0n) is 14.8. The van der Waals surface area contributed by atoms with Crippen LogP contribution in [-0.2, 0) is 9.53 Å². The number of ether oxygens (including phenoxy) is 1. The van der Waals surface area contributed by atoms with Gasteiger partial charge >= 0.3 is 5.97 Å². The van der Waals surface area contributed by atoms with E-state index in [1.807, 2.05) is 30.3 Å². The molecule has 0 spiro atoms. The van der Waals surface area contributed by atoms with Crippen LogP contribution in [0.5, 0.6) is 5.75 Å². The van der Waals surface area contributed by atoms with Crippen LogP contribution in [0.1, 0.15) is 6.42 Å². The van der Waals surface area contributed by atoms with E-state index in [2.05, 4.69) is 20.6 Å². The number of nitrogens with zero attached hydrogens (tertiary/aromatic N) is 2. The van der Waals surface area contributed by atoms with Crippen molar-refractivity contribution in [1.82, 2.24) is 15.3 Å². The molecular formula is C20H20N4O3. The highest BCUT2D eigenvalue weighted by Gasteiger charge is 2.30. The number of fused-ring (bicyclic) bond motifs is 1. The Morgan fingerprint density at radius 1 is 1.19 bits per heavy atom. The molecule has 138 valence electrons. The molecule has 2 heterocycles. The summed E-state index contributed by atoms with van der Waals surface area (Å²) in [7, 11) is 1.39. The third-order valence-electron chi connectivity index (χ3n) is 4.71. The first kappa shape index (κ1) is 17.2. The molecule has 7 nitrogen and oxygen atoms in total. The topological polar surface area (TPSA) is 96.4 Å². The van der Waals surface area contributed by atoms with Gasteiger partial charge in [0, 0.05) is 18.0 Å². The lowest BCUT2D eigenvalue weighted by Gasteiger charge is -2.16. The number of benzene rings is 2. The predicted molar refractivity (Wildman–Crippen MR) is 102 cm³/mol. The first-order valence-electron chi connectivity index (χ1n) is 8.78. The smallest absolute Gasteiger partial charge is 0.322 e. The van der Waals surface area contributed by atoms with Gasteiger partial charge in [-0.25, -0.2) is 9.97 Å². The molecule has 1 saturated heterocycles. The van der Waals surface area contributed by atoms with Gasteiger partial charge in [0.2, 0.25) is 0 Å². The molecule has 1 aliphatic heterocycles. The molecule has 0 radical (unpaired) electrons. The van der Waals surface area contributed by atoms with Crippen molar-refractivity contribution in [3.05, 3.63) is 48.5 Å². The zero-order chi connectivity index (χ0) is 18.8. The van der Waals surface area contributed by atoms with Gasteiger partial charge in [-0.2, -0.15) is 0 Å². The van der Waals surface area contributed by atoms with Crippen molar-refractivity contribution in [3.8, 4) is 17.1 Å². The predicted octanol–water partition coefficient (Wildman–Crippen LogP) is 2.32. The Balaban J connectivity index is 1.70. The molecule has 1 aliphatic rings. The van der Waals surface area contributed by atoms with Crippen molar-refractivity contribution in [2.75, 3.05) is 19.0 Å². The van der Waals surface area contributed by atoms with E-state index in [-0.39, 0.29) is 23.8 Å². The zero-order valence-corrected chi connectivity index (χ0v) is 14.8. The van der Waals surface area contributed by atoms with Crippen LogP contribution in [0.3, 0.4) is 0 Å². The summed E-state index contributed by atoms with van der Waals surface area (Å²) in [6.07, 6.45) is 0.608. The maximum absolute atomic E-state index is 11.7. The number of phenolic OH excluding ortho intramolecular Hbond substituents is 1. The highest BCUT2D eigenvalue weighted by atomic mass is 16.5. The van der Waals surface area contributed by atoms with E-state index in [9.17, 15) is 9.90 Å². The summed E-state index contributed by atoms with van der Waals surface area (Å²) in [6, 6.07) is 14.4. The molecule has 3 aromatic rings. The minimum absolute atomic E-state index is 0.0321. The Hall–Kier alpha value is -3.19. The van der Waals surface area contributed by atoms with Crippen LogP contribution >= 0.6 is 0 Å². The summed E-state index contributed by atoms with van der Waals surface area (Å²) in [4.78, 5) is 21.0. The largest absolute Gasteiger partial charge is 0.507 e. The Labute approximate surface area is 156 Å². The minimum atomic E-state index is -0.321. The number of phenols is 1. The average molecular weight is 364 g/mol. The van der Waals surface area contributed by atoms with Crippen LogP contribution in [0, 0.1) is 0 Å². The Kier molecular flexibility index (Phi) is 4.60. The Bertz CT molecular complexity index is 992. The summed E-state index contributed by atoms with van der Waals surface area (Å²) in [6.45, 7) is 0.629. The number of carbonyl (C=O) groups excluding carboxylic acids is 1. The fraction of sp³-hybridized carbons (Fsp3) is 0.250. The third kappa shape index (κ3) is 3.41. The molecule has 0 bridgehead atoms. The highest BCUT2D eigenvalue weighted by Crippen LogP contribution is 2.30. The lowest BCUT2D eigenvalue weighted by molar-refractivity contribution is -0.142. The maximum atomic E-state index is 11.7. The van der Waals surface area contributed by atoms with Crippen molar-refractivity contribution in [2.45, 2.75) is 18.5 Å². The second-order valence-corrected chi connectivity index (χ2v) is 6.49. The van der Waals surface area contributed by atoms with E-state index in [0.29, 0.717) is 30.2 Å². The molecule has 1 fully saturated rings. The van der Waals surface area contributed by atoms with Crippen LogP contribution in [-0.4, -0.2) is 46.8 Å². The van der Waals surface area contributed by atoms with E-state index < -0.39 is 0 Å². The lowest BCUT2D eigenvalue weighted by Crippen LogP contribution is -2.31. The Morgan fingerprint density at radius 2 is 1.96 bits per heavy atom. The van der Waals surface area contributed by atoms with Crippen LogP contribution in [0.25, 0.3) is 22.3 Å². The first-order valence-corrected chi connectivity index (χ1v) is 8.78. The number of nitrogens with one attached hydrogen (secondary N) is 2. The van der Waals surface area contributed by atoms with E-state index in [1.54, 1.807) is 18.2 Å². The average Bonchev–Trinajstić information content (AvgIpc) is 3.16. The molecule has 2 aromatic carbocycles. The third-order valence-corrected chi connectivity index (χ3v) is 4.71. The van der Waals surface area contributed by atoms with E-state index >= 15 is 0 Å². The van der Waals surface area contributed by atoms with E-state index in [1.165, 1.54) is 7.11 Å². The fourth-order valence-electron chi connectivity index (χ4n) is 3.33. The summed E-state index contributed by atoms with van der Waals surface area (Å²) >= 11 is 0. The normalized spacial score (nSPS) is 19.1. The van der Waals surface area contributed by atoms with Gasteiger partial charge in [-0.1, -0.05) is 24.3 Å². The first-order chi connectivity index (χ1) is 13.2. The van der Waals surface area contributed by atoms with Gasteiger partial charge in [0.1, 0.15) is 17.6 Å². The molecule has 7 heteroatoms. The van der Waals surface area contributed by atoms with Crippen molar-refractivity contribution >= 4 is 22.7 Å². The van der Waals surface area contributed by atoms with Crippen LogP contribution < -0.4 is 10.6 Å². The van der Waals surface area contributed by atoms with Gasteiger partial charge in [0.05, 0.1) is 18.2 Å². The number of para-hydroxylation sites is 2. The fourth-order valence-corrected chi connectivity index (χ4v) is 3.33. The van der Waals surface area contributed by atoms with Crippen molar-refractivity contribution in [2.24, 2.45) is 0 Å². The van der Waals surface area contributed by atoms with E-state index in [0.717, 1.165) is 10.9 Å². The number of aromatic nitrogens is 2. The number of hydrogen-bond acceptors (Lipinski definition) is 7. The van der Waals surface area contributed by atoms with Gasteiger partial charge in [0.25, 0.3) is 0 Å². The second kappa shape index (κ2) is 7.20. The second-order valence-electron chi connectivity index (χ2n) is 6.49. The quantitative estimate of drug-likeness (QED) is 0.611. The highest BCUT2D eigenvalue weighted by molar-refractivity contribution is 5.91. The van der Waals surface area contributed by atoms with Crippen LogP contribution in [0.4, 0.5) is 5.82 Å². The summed E-state index contributed by atoms with van der Waals surface area (Å²) < 4.78 is 4.81. The summed E-state index contributed by atoms with van der Waals surface area (Å²) in [5.74, 6) is 0.995. The molecule has 0 amide bonds. The van der Waals surface area contributed by atoms with E-state index in [4.69, 9.17) is 4.74 Å². The number of aromatic hydroxyl groups is 1. The number of carbonyl (C=O) groups is 1. The van der Waals surface area contributed by atoms with Gasteiger partial charge in [-0.3, -0.25) is 4.79 Å². The molecule has 1 aromatic heterocycles. The Morgan fingerprint density at radius 3 is 2.78 bits per heavy atom. The summed E-state index contributed by atoms with van der Waals surface area (Å²) in [5.41, 5.74) is 1.35. The molecular weight excluding hydrogens is 344 g/mol. The molecule has 2 atom stereocenters. The molecule has 27 heavy (non-hydrogen) atoms. The number of esters is 1. The van der Waals surface area contributed by atoms with Gasteiger partial charge in [-0.15, -0.1) is 0 Å². The van der Waals surface area contributed by atoms with Crippen molar-refractivity contribution in [1.29, 1.82) is 0 Å². The molecule has 3 N–H and O–H groups in total. The monoisotopic (exact) mass is 364 g/mol. The molecule has 0 aliphatic carbocycles. The number of hydrogen-bond donors (Lipinski definition) is 3.